The Bertz CT molecular complexity index is 268. The average Bonchev–Trinajstić information content (AvgIpc) is 2.35. The summed E-state index contributed by atoms with van der Waals surface area (Å²) in [7, 11) is 0. The lowest BCUT2D eigenvalue weighted by Crippen LogP contribution is -2.27. The number of rotatable bonds is 3. The van der Waals surface area contributed by atoms with Gasteiger partial charge in [-0.25, -0.2) is 0 Å². The third-order valence-electron chi connectivity index (χ3n) is 1.69. The van der Waals surface area contributed by atoms with Crippen molar-refractivity contribution in [1.29, 1.82) is 0 Å². The molecule has 1 heterocycles. The van der Waals surface area contributed by atoms with E-state index < -0.39 is 0 Å². The first-order valence-electron chi connectivity index (χ1n) is 3.97. The maximum absolute atomic E-state index is 5.89. The van der Waals surface area contributed by atoms with Gasteiger partial charge in [0, 0.05) is 17.3 Å². The molecule has 0 aromatic carbocycles. The van der Waals surface area contributed by atoms with Crippen molar-refractivity contribution >= 4 is 0 Å². The molecule has 0 bridgehead atoms. The zero-order valence-corrected chi connectivity index (χ0v) is 7.62. The molecule has 0 saturated heterocycles. The van der Waals surface area contributed by atoms with Crippen LogP contribution in [0.5, 0.6) is 0 Å². The van der Waals surface area contributed by atoms with E-state index in [2.05, 4.69) is 11.7 Å². The molecule has 1 rings (SSSR count). The van der Waals surface area contributed by atoms with Gasteiger partial charge in [0.1, 0.15) is 0 Å². The van der Waals surface area contributed by atoms with Crippen LogP contribution in [0, 0.1) is 0 Å². The van der Waals surface area contributed by atoms with Gasteiger partial charge in [-0.15, -0.1) is 6.58 Å². The third-order valence-corrected chi connectivity index (χ3v) is 1.69. The van der Waals surface area contributed by atoms with E-state index in [1.807, 2.05) is 24.7 Å². The van der Waals surface area contributed by atoms with E-state index >= 15 is 0 Å². The Balaban J connectivity index is 2.84. The van der Waals surface area contributed by atoms with Crippen molar-refractivity contribution < 1.29 is 0 Å². The largest absolute Gasteiger partial charge is 0.322 e. The molecule has 0 radical (unpaired) electrons. The van der Waals surface area contributed by atoms with Gasteiger partial charge in [0.05, 0.1) is 12.7 Å². The van der Waals surface area contributed by atoms with Crippen LogP contribution >= 0.6 is 0 Å². The molecule has 66 valence electrons. The van der Waals surface area contributed by atoms with Crippen molar-refractivity contribution in [3.63, 3.8) is 0 Å². The van der Waals surface area contributed by atoms with E-state index in [0.717, 1.165) is 12.1 Å². The molecule has 0 saturated carbocycles. The van der Waals surface area contributed by atoms with E-state index in [4.69, 9.17) is 5.73 Å². The minimum absolute atomic E-state index is 0.306. The molecule has 3 heteroatoms. The normalized spacial score (nSPS) is 11.6. The van der Waals surface area contributed by atoms with Crippen LogP contribution in [0.25, 0.3) is 0 Å². The van der Waals surface area contributed by atoms with Crippen molar-refractivity contribution in [1.82, 2.24) is 9.78 Å². The van der Waals surface area contributed by atoms with Gasteiger partial charge in [-0.1, -0.05) is 6.08 Å². The highest BCUT2D eigenvalue weighted by Crippen LogP contribution is 2.14. The Morgan fingerprint density at radius 3 is 2.83 bits per heavy atom. The summed E-state index contributed by atoms with van der Waals surface area (Å²) in [5.41, 5.74) is 6.63. The van der Waals surface area contributed by atoms with Gasteiger partial charge >= 0.3 is 0 Å². The Morgan fingerprint density at radius 1 is 1.75 bits per heavy atom. The smallest absolute Gasteiger partial charge is 0.0587 e. The first kappa shape index (κ1) is 9.00. The summed E-state index contributed by atoms with van der Waals surface area (Å²) in [6, 6.07) is 0. The van der Waals surface area contributed by atoms with E-state index in [1.165, 1.54) is 0 Å². The zero-order valence-electron chi connectivity index (χ0n) is 7.62. The lowest BCUT2D eigenvalue weighted by molar-refractivity contribution is 0.553. The van der Waals surface area contributed by atoms with Gasteiger partial charge in [-0.3, -0.25) is 4.68 Å². The van der Waals surface area contributed by atoms with Crippen molar-refractivity contribution in [3.8, 4) is 0 Å². The van der Waals surface area contributed by atoms with Crippen LogP contribution in [0.15, 0.2) is 25.0 Å². The highest BCUT2D eigenvalue weighted by atomic mass is 15.3. The third kappa shape index (κ3) is 1.95. The second-order valence-corrected chi connectivity index (χ2v) is 3.46. The van der Waals surface area contributed by atoms with Gasteiger partial charge in [-0.05, 0) is 13.8 Å². The summed E-state index contributed by atoms with van der Waals surface area (Å²) in [6.07, 6.45) is 5.55. The number of hydrogen-bond acceptors (Lipinski definition) is 2. The first-order valence-corrected chi connectivity index (χ1v) is 3.97. The summed E-state index contributed by atoms with van der Waals surface area (Å²) >= 11 is 0. The molecular weight excluding hydrogens is 150 g/mol. The maximum Gasteiger partial charge on any atom is 0.0587 e. The van der Waals surface area contributed by atoms with Crippen molar-refractivity contribution in [2.24, 2.45) is 5.73 Å². The van der Waals surface area contributed by atoms with Crippen LogP contribution in [0.3, 0.4) is 0 Å². The number of hydrogen-bond donors (Lipinski definition) is 1. The van der Waals surface area contributed by atoms with Crippen LogP contribution < -0.4 is 5.73 Å². The number of allylic oxidation sites excluding steroid dienone is 1. The molecular formula is C9H15N3. The molecule has 0 aliphatic heterocycles. The molecule has 0 aliphatic rings. The lowest BCUT2D eigenvalue weighted by atomic mass is 10.00. The minimum atomic E-state index is -0.306. The lowest BCUT2D eigenvalue weighted by Gasteiger charge is -2.15. The van der Waals surface area contributed by atoms with E-state index in [1.54, 1.807) is 12.3 Å². The SMILES string of the molecule is C=CCn1cc(C(C)(C)N)cn1. The fraction of sp³-hybridized carbons (Fsp3) is 0.444. The zero-order chi connectivity index (χ0) is 9.19. The van der Waals surface area contributed by atoms with Crippen LogP contribution in [0.1, 0.15) is 19.4 Å². The summed E-state index contributed by atoms with van der Waals surface area (Å²) in [4.78, 5) is 0. The molecule has 2 N–H and O–H groups in total. The Labute approximate surface area is 72.9 Å². The molecule has 0 fully saturated rings. The monoisotopic (exact) mass is 165 g/mol. The maximum atomic E-state index is 5.89. The number of aromatic nitrogens is 2. The second kappa shape index (κ2) is 3.11. The van der Waals surface area contributed by atoms with Crippen LogP contribution in [0.4, 0.5) is 0 Å². The van der Waals surface area contributed by atoms with Gasteiger partial charge < -0.3 is 5.73 Å². The Kier molecular flexibility index (Phi) is 2.33. The summed E-state index contributed by atoms with van der Waals surface area (Å²) in [5, 5.41) is 4.14. The average molecular weight is 165 g/mol. The minimum Gasteiger partial charge on any atom is -0.322 e. The van der Waals surface area contributed by atoms with Crippen LogP contribution in [-0.4, -0.2) is 9.78 Å². The highest BCUT2D eigenvalue weighted by molar-refractivity contribution is 5.14. The standard InChI is InChI=1S/C9H15N3/c1-4-5-12-7-8(6-11-12)9(2,3)10/h4,6-7H,1,5,10H2,2-3H3. The number of nitrogens with two attached hydrogens (primary N) is 1. The van der Waals surface area contributed by atoms with Crippen molar-refractivity contribution in [2.45, 2.75) is 25.9 Å². The second-order valence-electron chi connectivity index (χ2n) is 3.46. The summed E-state index contributed by atoms with van der Waals surface area (Å²) in [5.74, 6) is 0. The Morgan fingerprint density at radius 2 is 2.42 bits per heavy atom. The van der Waals surface area contributed by atoms with Crippen LogP contribution in [-0.2, 0) is 12.1 Å². The summed E-state index contributed by atoms with van der Waals surface area (Å²) in [6.45, 7) is 8.29. The van der Waals surface area contributed by atoms with E-state index in [0.29, 0.717) is 0 Å². The molecule has 0 unspecified atom stereocenters. The fourth-order valence-corrected chi connectivity index (χ4v) is 0.928. The predicted molar refractivity (Wildman–Crippen MR) is 49.6 cm³/mol. The van der Waals surface area contributed by atoms with Gasteiger partial charge in [0.15, 0.2) is 0 Å². The quantitative estimate of drug-likeness (QED) is 0.685. The molecule has 0 atom stereocenters. The molecule has 0 amide bonds. The topological polar surface area (TPSA) is 43.8 Å². The molecule has 0 aliphatic carbocycles. The molecule has 3 nitrogen and oxygen atoms in total. The summed E-state index contributed by atoms with van der Waals surface area (Å²) < 4.78 is 1.82. The molecule has 0 spiro atoms. The number of nitrogens with zero attached hydrogens (tertiary/aromatic N) is 2. The molecule has 1 aromatic heterocycles. The van der Waals surface area contributed by atoms with Gasteiger partial charge in [-0.2, -0.15) is 5.10 Å². The van der Waals surface area contributed by atoms with Crippen molar-refractivity contribution in [2.75, 3.05) is 0 Å². The van der Waals surface area contributed by atoms with E-state index in [9.17, 15) is 0 Å². The van der Waals surface area contributed by atoms with Gasteiger partial charge in [0.25, 0.3) is 0 Å². The fourth-order valence-electron chi connectivity index (χ4n) is 0.928. The van der Waals surface area contributed by atoms with Crippen molar-refractivity contribution in [3.05, 3.63) is 30.6 Å². The molecule has 1 aromatic rings. The van der Waals surface area contributed by atoms with Crippen LogP contribution in [0.2, 0.25) is 0 Å². The van der Waals surface area contributed by atoms with Gasteiger partial charge in [0.2, 0.25) is 0 Å². The predicted octanol–water partition coefficient (Wildman–Crippen LogP) is 1.26. The first-order chi connectivity index (χ1) is 5.54. The Hall–Kier alpha value is -1.09. The molecule has 12 heavy (non-hydrogen) atoms. The van der Waals surface area contributed by atoms with E-state index in [-0.39, 0.29) is 5.54 Å². The highest BCUT2D eigenvalue weighted by Gasteiger charge is 2.15.